The molecular weight excluding hydrogens is 182 g/mol. The fourth-order valence-electron chi connectivity index (χ4n) is 1.17. The molecule has 0 heterocycles. The van der Waals surface area contributed by atoms with Crippen molar-refractivity contribution in [3.8, 4) is 0 Å². The highest BCUT2D eigenvalue weighted by molar-refractivity contribution is 5.36. The minimum Gasteiger partial charge on any atom is -0.349 e. The molecule has 0 spiro atoms. The summed E-state index contributed by atoms with van der Waals surface area (Å²) in [6.07, 6.45) is 1.84. The number of hydrogen-bond acceptors (Lipinski definition) is 1. The van der Waals surface area contributed by atoms with Crippen molar-refractivity contribution in [1.29, 1.82) is 0 Å². The molecular formula is C14H25N. The highest BCUT2D eigenvalue weighted by atomic mass is 15.1. The van der Waals surface area contributed by atoms with E-state index >= 15 is 0 Å². The molecule has 0 unspecified atom stereocenters. The van der Waals surface area contributed by atoms with E-state index in [1.807, 2.05) is 52.6 Å². The minimum absolute atomic E-state index is 0.999. The molecule has 0 aromatic heterocycles. The normalized spacial score (nSPS) is 10.5. The lowest BCUT2D eigenvalue weighted by molar-refractivity contribution is 0.527. The smallest absolute Gasteiger partial charge is 0.0458 e. The van der Waals surface area contributed by atoms with Gasteiger partial charge in [-0.3, -0.25) is 0 Å². The Kier molecular flexibility index (Phi) is 8.75. The van der Waals surface area contributed by atoms with Crippen molar-refractivity contribution < 1.29 is 0 Å². The summed E-state index contributed by atoms with van der Waals surface area (Å²) in [5, 5.41) is 0. The monoisotopic (exact) mass is 207 g/mol. The maximum Gasteiger partial charge on any atom is 0.0458 e. The largest absolute Gasteiger partial charge is 0.349 e. The van der Waals surface area contributed by atoms with Crippen LogP contribution in [0, 0.1) is 0 Å². The lowest BCUT2D eigenvalue weighted by atomic mass is 10.1. The van der Waals surface area contributed by atoms with E-state index in [1.54, 1.807) is 0 Å². The van der Waals surface area contributed by atoms with Crippen LogP contribution in [-0.4, -0.2) is 11.9 Å². The first-order valence-electron chi connectivity index (χ1n) is 5.30. The van der Waals surface area contributed by atoms with Crippen molar-refractivity contribution in [2.75, 3.05) is 7.05 Å². The molecule has 0 N–H and O–H groups in total. The van der Waals surface area contributed by atoms with Crippen LogP contribution in [0.1, 0.15) is 34.6 Å². The van der Waals surface area contributed by atoms with Crippen molar-refractivity contribution in [3.05, 3.63) is 48.4 Å². The maximum atomic E-state index is 3.94. The third-order valence-corrected chi connectivity index (χ3v) is 1.99. The molecule has 86 valence electrons. The van der Waals surface area contributed by atoms with Crippen molar-refractivity contribution in [2.24, 2.45) is 0 Å². The van der Waals surface area contributed by atoms with E-state index in [0.717, 1.165) is 22.5 Å². The molecule has 0 aromatic carbocycles. The highest BCUT2D eigenvalue weighted by Gasteiger charge is 2.07. The molecule has 15 heavy (non-hydrogen) atoms. The third kappa shape index (κ3) is 5.26. The van der Waals surface area contributed by atoms with E-state index in [0.29, 0.717) is 0 Å². The molecule has 1 nitrogen and oxygen atoms in total. The second kappa shape index (κ2) is 8.10. The summed E-state index contributed by atoms with van der Waals surface area (Å²) in [6.45, 7) is 21.6. The Balaban J connectivity index is 0. The summed E-state index contributed by atoms with van der Waals surface area (Å²) in [5.74, 6) is 0. The molecule has 0 aliphatic heterocycles. The van der Waals surface area contributed by atoms with Gasteiger partial charge in [-0.15, -0.1) is 0 Å². The Hall–Kier alpha value is -1.24. The Bertz CT molecular complexity index is 269. The number of nitrogens with zero attached hydrogens (tertiary/aromatic N) is 1. The summed E-state index contributed by atoms with van der Waals surface area (Å²) < 4.78 is 0. The summed E-state index contributed by atoms with van der Waals surface area (Å²) >= 11 is 0. The zero-order valence-corrected chi connectivity index (χ0v) is 11.1. The Morgan fingerprint density at radius 1 is 1.07 bits per heavy atom. The molecule has 0 atom stereocenters. The van der Waals surface area contributed by atoms with Crippen LogP contribution in [0.25, 0.3) is 0 Å². The first-order valence-corrected chi connectivity index (χ1v) is 5.30. The van der Waals surface area contributed by atoms with Crippen molar-refractivity contribution in [2.45, 2.75) is 34.6 Å². The summed E-state index contributed by atoms with van der Waals surface area (Å²) in [6, 6.07) is 0. The predicted octanol–water partition coefficient (Wildman–Crippen LogP) is 4.51. The topological polar surface area (TPSA) is 3.24 Å². The van der Waals surface area contributed by atoms with Crippen LogP contribution in [-0.2, 0) is 0 Å². The molecule has 0 saturated carbocycles. The average Bonchev–Trinajstić information content (AvgIpc) is 2.20. The maximum absolute atomic E-state index is 3.94. The number of rotatable bonds is 4. The molecule has 0 rings (SSSR count). The van der Waals surface area contributed by atoms with E-state index in [4.69, 9.17) is 0 Å². The SMILES string of the molecule is C=C/C(C)=C(\C(=C)C)N(C)C(=C)C.CC. The number of allylic oxidation sites excluding steroid dienone is 4. The molecule has 0 bridgehead atoms. The molecule has 0 saturated heterocycles. The van der Waals surface area contributed by atoms with E-state index < -0.39 is 0 Å². The van der Waals surface area contributed by atoms with Gasteiger partial charge in [-0.2, -0.15) is 0 Å². The fraction of sp³-hybridized carbons (Fsp3) is 0.429. The van der Waals surface area contributed by atoms with E-state index in [-0.39, 0.29) is 0 Å². The molecule has 0 aliphatic rings. The molecule has 0 aliphatic carbocycles. The predicted molar refractivity (Wildman–Crippen MR) is 71.6 cm³/mol. The Morgan fingerprint density at radius 2 is 1.47 bits per heavy atom. The van der Waals surface area contributed by atoms with Crippen molar-refractivity contribution in [3.63, 3.8) is 0 Å². The second-order valence-electron chi connectivity index (χ2n) is 3.31. The minimum atomic E-state index is 0.999. The summed E-state index contributed by atoms with van der Waals surface area (Å²) in [7, 11) is 1.99. The van der Waals surface area contributed by atoms with Crippen molar-refractivity contribution in [1.82, 2.24) is 4.90 Å². The second-order valence-corrected chi connectivity index (χ2v) is 3.31. The number of likely N-dealkylation sites (N-methyl/N-ethyl adjacent to an activating group) is 1. The van der Waals surface area contributed by atoms with Crippen LogP contribution < -0.4 is 0 Å². The molecule has 0 aromatic rings. The zero-order valence-electron chi connectivity index (χ0n) is 11.1. The quantitative estimate of drug-likeness (QED) is 0.613. The number of hydrogen-bond donors (Lipinski definition) is 0. The first-order chi connectivity index (χ1) is 6.91. The van der Waals surface area contributed by atoms with Crippen LogP contribution in [0.5, 0.6) is 0 Å². The van der Waals surface area contributed by atoms with Gasteiger partial charge in [0.15, 0.2) is 0 Å². The average molecular weight is 207 g/mol. The lowest BCUT2D eigenvalue weighted by Gasteiger charge is -2.24. The van der Waals surface area contributed by atoms with Gasteiger partial charge in [0, 0.05) is 18.4 Å². The standard InChI is InChI=1S/C12H19N.C2H6/c1-8-11(6)12(9(2)3)13(7)10(4)5;1-2/h8H,1-2,4H2,3,5-7H3;1-2H3/b12-11+;. The van der Waals surface area contributed by atoms with Gasteiger partial charge in [0.05, 0.1) is 0 Å². The van der Waals surface area contributed by atoms with Gasteiger partial charge >= 0.3 is 0 Å². The third-order valence-electron chi connectivity index (χ3n) is 1.99. The van der Waals surface area contributed by atoms with Gasteiger partial charge in [0.1, 0.15) is 0 Å². The van der Waals surface area contributed by atoms with Crippen molar-refractivity contribution >= 4 is 0 Å². The van der Waals surface area contributed by atoms with Gasteiger partial charge < -0.3 is 4.90 Å². The summed E-state index contributed by atoms with van der Waals surface area (Å²) in [5.41, 5.74) is 4.25. The van der Waals surface area contributed by atoms with Crippen LogP contribution in [0.4, 0.5) is 0 Å². The van der Waals surface area contributed by atoms with Gasteiger partial charge in [-0.1, -0.05) is 39.7 Å². The fourth-order valence-corrected chi connectivity index (χ4v) is 1.17. The lowest BCUT2D eigenvalue weighted by Crippen LogP contribution is -2.16. The molecule has 0 fully saturated rings. The molecule has 0 radical (unpaired) electrons. The van der Waals surface area contributed by atoms with Crippen LogP contribution in [0.2, 0.25) is 0 Å². The van der Waals surface area contributed by atoms with Gasteiger partial charge in [0.2, 0.25) is 0 Å². The molecule has 0 amide bonds. The molecule has 1 heteroatoms. The van der Waals surface area contributed by atoms with Crippen LogP contribution >= 0.6 is 0 Å². The van der Waals surface area contributed by atoms with E-state index in [2.05, 4.69) is 19.7 Å². The first kappa shape index (κ1) is 16.2. The van der Waals surface area contributed by atoms with Gasteiger partial charge in [0.25, 0.3) is 0 Å². The Morgan fingerprint density at radius 3 is 1.67 bits per heavy atom. The highest BCUT2D eigenvalue weighted by Crippen LogP contribution is 2.20. The van der Waals surface area contributed by atoms with E-state index in [9.17, 15) is 0 Å². The van der Waals surface area contributed by atoms with Gasteiger partial charge in [-0.25, -0.2) is 0 Å². The Labute approximate surface area is 95.5 Å². The van der Waals surface area contributed by atoms with E-state index in [1.165, 1.54) is 0 Å². The van der Waals surface area contributed by atoms with Crippen LogP contribution in [0.15, 0.2) is 48.4 Å². The van der Waals surface area contributed by atoms with Crippen LogP contribution in [0.3, 0.4) is 0 Å². The summed E-state index contributed by atoms with van der Waals surface area (Å²) in [4.78, 5) is 2.03. The van der Waals surface area contributed by atoms with Gasteiger partial charge in [-0.05, 0) is 31.9 Å². The zero-order chi connectivity index (χ0) is 12.6.